The summed E-state index contributed by atoms with van der Waals surface area (Å²) in [5, 5.41) is 2.99. The molecule has 162 valence electrons. The lowest BCUT2D eigenvalue weighted by atomic mass is 9.96. The summed E-state index contributed by atoms with van der Waals surface area (Å²) in [4.78, 5) is 12.8. The predicted octanol–water partition coefficient (Wildman–Crippen LogP) is 5.78. The Kier molecular flexibility index (Phi) is 7.29. The van der Waals surface area contributed by atoms with Gasteiger partial charge >= 0.3 is 0 Å². The largest absolute Gasteiger partial charge is 0.496 e. The first kappa shape index (κ1) is 22.3. The fourth-order valence-electron chi connectivity index (χ4n) is 3.30. The molecule has 0 aliphatic heterocycles. The van der Waals surface area contributed by atoms with Crippen molar-refractivity contribution in [3.63, 3.8) is 0 Å². The molecule has 3 rings (SSSR count). The number of carbonyl (C=O) groups is 1. The SMILES string of the molecule is COc1cc(C)c(C(=O)NCc2ccc(OCc3ccc(F)cc3)cc2)cc1C(C)C. The molecule has 0 saturated heterocycles. The smallest absolute Gasteiger partial charge is 0.251 e. The number of rotatable bonds is 8. The molecule has 0 bridgehead atoms. The van der Waals surface area contributed by atoms with E-state index in [0.29, 0.717) is 24.5 Å². The molecule has 4 nitrogen and oxygen atoms in total. The van der Waals surface area contributed by atoms with E-state index in [1.54, 1.807) is 19.2 Å². The summed E-state index contributed by atoms with van der Waals surface area (Å²) in [5.41, 5.74) is 4.42. The van der Waals surface area contributed by atoms with Crippen molar-refractivity contribution in [3.8, 4) is 11.5 Å². The van der Waals surface area contributed by atoms with E-state index in [0.717, 1.165) is 28.0 Å². The predicted molar refractivity (Wildman–Crippen MR) is 120 cm³/mol. The van der Waals surface area contributed by atoms with E-state index in [1.165, 1.54) is 12.1 Å². The van der Waals surface area contributed by atoms with Gasteiger partial charge in [0.15, 0.2) is 0 Å². The molecule has 0 atom stereocenters. The van der Waals surface area contributed by atoms with Crippen molar-refractivity contribution >= 4 is 5.91 Å². The highest BCUT2D eigenvalue weighted by Gasteiger charge is 2.15. The first-order valence-electron chi connectivity index (χ1n) is 10.3. The first-order chi connectivity index (χ1) is 14.9. The Labute approximate surface area is 183 Å². The van der Waals surface area contributed by atoms with E-state index < -0.39 is 0 Å². The standard InChI is InChI=1S/C26H28FNO3/c1-17(2)23-14-24(18(3)13-25(23)30-4)26(29)28-15-19-7-11-22(12-8-19)31-16-20-5-9-21(27)10-6-20/h5-14,17H,15-16H2,1-4H3,(H,28,29). The zero-order valence-corrected chi connectivity index (χ0v) is 18.4. The summed E-state index contributed by atoms with van der Waals surface area (Å²) in [6, 6.07) is 17.6. The lowest BCUT2D eigenvalue weighted by molar-refractivity contribution is 0.0950. The van der Waals surface area contributed by atoms with Crippen LogP contribution in [-0.2, 0) is 13.2 Å². The molecule has 3 aromatic carbocycles. The Morgan fingerprint density at radius 3 is 2.26 bits per heavy atom. The maximum atomic E-state index is 13.0. The van der Waals surface area contributed by atoms with Crippen LogP contribution >= 0.6 is 0 Å². The third-order valence-corrected chi connectivity index (χ3v) is 5.14. The molecule has 0 heterocycles. The van der Waals surface area contributed by atoms with Gasteiger partial charge in [-0.05, 0) is 71.5 Å². The maximum Gasteiger partial charge on any atom is 0.251 e. The number of halogens is 1. The number of aryl methyl sites for hydroxylation is 1. The van der Waals surface area contributed by atoms with Crippen LogP contribution in [0.4, 0.5) is 4.39 Å². The summed E-state index contributed by atoms with van der Waals surface area (Å²) < 4.78 is 24.2. The van der Waals surface area contributed by atoms with E-state index >= 15 is 0 Å². The number of carbonyl (C=O) groups excluding carboxylic acids is 1. The van der Waals surface area contributed by atoms with Gasteiger partial charge in [0.1, 0.15) is 23.9 Å². The van der Waals surface area contributed by atoms with Gasteiger partial charge in [-0.3, -0.25) is 4.79 Å². The number of amides is 1. The van der Waals surface area contributed by atoms with Crippen LogP contribution in [0.1, 0.15) is 52.4 Å². The van der Waals surface area contributed by atoms with E-state index in [2.05, 4.69) is 19.2 Å². The lowest BCUT2D eigenvalue weighted by Crippen LogP contribution is -2.24. The minimum Gasteiger partial charge on any atom is -0.496 e. The van der Waals surface area contributed by atoms with Crippen LogP contribution in [0.5, 0.6) is 11.5 Å². The van der Waals surface area contributed by atoms with Crippen LogP contribution in [0.15, 0.2) is 60.7 Å². The van der Waals surface area contributed by atoms with Crippen molar-refractivity contribution in [1.29, 1.82) is 0 Å². The molecule has 0 spiro atoms. The van der Waals surface area contributed by atoms with Crippen LogP contribution in [-0.4, -0.2) is 13.0 Å². The Morgan fingerprint density at radius 1 is 1.00 bits per heavy atom. The van der Waals surface area contributed by atoms with Crippen molar-refractivity contribution in [2.45, 2.75) is 39.8 Å². The Bertz CT molecular complexity index is 1030. The zero-order chi connectivity index (χ0) is 22.4. The number of methoxy groups -OCH3 is 1. The first-order valence-corrected chi connectivity index (χ1v) is 10.3. The molecule has 0 unspecified atom stereocenters. The summed E-state index contributed by atoms with van der Waals surface area (Å²) in [6.07, 6.45) is 0. The molecule has 0 radical (unpaired) electrons. The monoisotopic (exact) mass is 421 g/mol. The Morgan fingerprint density at radius 2 is 1.65 bits per heavy atom. The topological polar surface area (TPSA) is 47.6 Å². The van der Waals surface area contributed by atoms with Gasteiger partial charge in [-0.2, -0.15) is 0 Å². The van der Waals surface area contributed by atoms with Crippen molar-refractivity contribution in [2.24, 2.45) is 0 Å². The molecule has 0 aliphatic carbocycles. The molecule has 1 amide bonds. The average Bonchev–Trinajstić information content (AvgIpc) is 2.77. The minimum atomic E-state index is -0.264. The van der Waals surface area contributed by atoms with Crippen LogP contribution in [0.2, 0.25) is 0 Å². The molecule has 5 heteroatoms. The van der Waals surface area contributed by atoms with Gasteiger partial charge in [0.2, 0.25) is 0 Å². The second kappa shape index (κ2) is 10.1. The van der Waals surface area contributed by atoms with Gasteiger partial charge in [-0.1, -0.05) is 38.1 Å². The summed E-state index contributed by atoms with van der Waals surface area (Å²) in [5.74, 6) is 1.40. The maximum absolute atomic E-state index is 13.0. The van der Waals surface area contributed by atoms with Crippen LogP contribution in [0, 0.1) is 12.7 Å². The van der Waals surface area contributed by atoms with Gasteiger partial charge in [-0.25, -0.2) is 4.39 Å². The van der Waals surface area contributed by atoms with E-state index in [-0.39, 0.29) is 17.6 Å². The van der Waals surface area contributed by atoms with Gasteiger partial charge < -0.3 is 14.8 Å². The van der Waals surface area contributed by atoms with E-state index in [9.17, 15) is 9.18 Å². The summed E-state index contributed by atoms with van der Waals surface area (Å²) in [6.45, 7) is 6.85. The normalized spacial score (nSPS) is 10.8. The van der Waals surface area contributed by atoms with Crippen LogP contribution < -0.4 is 14.8 Å². The summed E-state index contributed by atoms with van der Waals surface area (Å²) >= 11 is 0. The van der Waals surface area contributed by atoms with Crippen molar-refractivity contribution < 1.29 is 18.7 Å². The number of ether oxygens (including phenoxy) is 2. The third-order valence-electron chi connectivity index (χ3n) is 5.14. The average molecular weight is 422 g/mol. The van der Waals surface area contributed by atoms with Crippen LogP contribution in [0.3, 0.4) is 0 Å². The number of benzene rings is 3. The minimum absolute atomic E-state index is 0.112. The molecule has 0 aliphatic rings. The second-order valence-corrected chi connectivity index (χ2v) is 7.81. The Balaban J connectivity index is 1.59. The zero-order valence-electron chi connectivity index (χ0n) is 18.4. The summed E-state index contributed by atoms with van der Waals surface area (Å²) in [7, 11) is 1.65. The Hall–Kier alpha value is -3.34. The quantitative estimate of drug-likeness (QED) is 0.502. The number of hydrogen-bond acceptors (Lipinski definition) is 3. The van der Waals surface area contributed by atoms with E-state index in [1.807, 2.05) is 43.3 Å². The number of nitrogens with one attached hydrogen (secondary N) is 1. The van der Waals surface area contributed by atoms with Crippen molar-refractivity contribution in [1.82, 2.24) is 5.32 Å². The second-order valence-electron chi connectivity index (χ2n) is 7.81. The van der Waals surface area contributed by atoms with Crippen molar-refractivity contribution in [2.75, 3.05) is 7.11 Å². The van der Waals surface area contributed by atoms with Gasteiger partial charge in [0.05, 0.1) is 7.11 Å². The highest BCUT2D eigenvalue weighted by molar-refractivity contribution is 5.96. The molecular formula is C26H28FNO3. The molecule has 0 saturated carbocycles. The van der Waals surface area contributed by atoms with E-state index in [4.69, 9.17) is 9.47 Å². The van der Waals surface area contributed by atoms with Gasteiger partial charge in [-0.15, -0.1) is 0 Å². The van der Waals surface area contributed by atoms with Crippen molar-refractivity contribution in [3.05, 3.63) is 94.3 Å². The van der Waals surface area contributed by atoms with Gasteiger partial charge in [0, 0.05) is 12.1 Å². The van der Waals surface area contributed by atoms with Gasteiger partial charge in [0.25, 0.3) is 5.91 Å². The molecule has 0 fully saturated rings. The van der Waals surface area contributed by atoms with Crippen LogP contribution in [0.25, 0.3) is 0 Å². The number of hydrogen-bond donors (Lipinski definition) is 1. The molecule has 31 heavy (non-hydrogen) atoms. The molecular weight excluding hydrogens is 393 g/mol. The molecule has 1 N–H and O–H groups in total. The highest BCUT2D eigenvalue weighted by Crippen LogP contribution is 2.29. The fraction of sp³-hybridized carbons (Fsp3) is 0.269. The highest BCUT2D eigenvalue weighted by atomic mass is 19.1. The molecule has 3 aromatic rings. The molecule has 0 aromatic heterocycles. The third kappa shape index (κ3) is 5.85. The fourth-order valence-corrected chi connectivity index (χ4v) is 3.30. The lowest BCUT2D eigenvalue weighted by Gasteiger charge is -2.16.